The van der Waals surface area contributed by atoms with Gasteiger partial charge in [0.1, 0.15) is 0 Å². The van der Waals surface area contributed by atoms with Crippen LogP contribution in [0.25, 0.3) is 0 Å². The highest BCUT2D eigenvalue weighted by atomic mass is 16.5. The van der Waals surface area contributed by atoms with Gasteiger partial charge in [0.2, 0.25) is 24.3 Å². The molecular weight excluding hydrogens is 486 g/mol. The molecule has 13 nitrogen and oxygen atoms in total. The van der Waals surface area contributed by atoms with Gasteiger partial charge in [-0.1, -0.05) is 0 Å². The summed E-state index contributed by atoms with van der Waals surface area (Å²) in [4.78, 5) is 35.9. The first kappa shape index (κ1) is 26.7. The van der Waals surface area contributed by atoms with Crippen LogP contribution in [-0.2, 0) is 9.53 Å². The summed E-state index contributed by atoms with van der Waals surface area (Å²) in [7, 11) is 0. The predicted octanol–water partition coefficient (Wildman–Crippen LogP) is 2.34. The number of terminal acetylenes is 1. The Morgan fingerprint density at radius 1 is 1.05 bits per heavy atom. The molecule has 3 aromatic rings. The van der Waals surface area contributed by atoms with Gasteiger partial charge >= 0.3 is 0 Å². The lowest BCUT2D eigenvalue weighted by molar-refractivity contribution is -0.105. The highest BCUT2D eigenvalue weighted by Gasteiger charge is 2.27. The van der Waals surface area contributed by atoms with Gasteiger partial charge in [-0.25, -0.2) is 4.98 Å². The number of nitrogens with zero attached hydrogens (tertiary/aromatic N) is 8. The van der Waals surface area contributed by atoms with Crippen molar-refractivity contribution in [2.45, 2.75) is 44.6 Å². The second kappa shape index (κ2) is 13.3. The maximum absolute atomic E-state index is 9.80. The Morgan fingerprint density at radius 3 is 2.50 bits per heavy atom. The minimum atomic E-state index is 0.449. The molecule has 2 saturated heterocycles. The fourth-order valence-corrected chi connectivity index (χ4v) is 4.23. The first-order valence-electron chi connectivity index (χ1n) is 12.7. The number of morpholine rings is 1. The maximum atomic E-state index is 9.80. The summed E-state index contributed by atoms with van der Waals surface area (Å²) in [6.07, 6.45) is 17.9. The normalized spacial score (nSPS) is 18.4. The van der Waals surface area contributed by atoms with E-state index in [1.807, 2.05) is 0 Å². The third-order valence-electron chi connectivity index (χ3n) is 6.34. The van der Waals surface area contributed by atoms with Crippen LogP contribution in [0.2, 0.25) is 0 Å². The fraction of sp³-hybridized carbons (Fsp3) is 0.480. The predicted molar refractivity (Wildman–Crippen MR) is 144 cm³/mol. The summed E-state index contributed by atoms with van der Waals surface area (Å²) in [5, 5.41) is 13.1. The van der Waals surface area contributed by atoms with E-state index >= 15 is 0 Å². The zero-order valence-electron chi connectivity index (χ0n) is 21.5. The summed E-state index contributed by atoms with van der Waals surface area (Å²) < 4.78 is 5.47. The molecule has 2 aliphatic heterocycles. The minimum absolute atomic E-state index is 0.449. The van der Waals surface area contributed by atoms with Gasteiger partial charge in [-0.15, -0.1) is 12.8 Å². The number of aromatic nitrogens is 7. The first-order valence-corrected chi connectivity index (χ1v) is 12.7. The lowest BCUT2D eigenvalue weighted by atomic mass is 10.2. The zero-order chi connectivity index (χ0) is 26.7. The molecule has 1 atom stereocenters. The SMILES string of the molecule is C#C.C[C@H]1CCCN1c1nc(Nc2cc(C3CC3)[nH]n2)nc(N2CCOCC2)n1.O=CNc1cnccn1. The van der Waals surface area contributed by atoms with Gasteiger partial charge in [-0.3, -0.25) is 14.9 Å². The second-order valence-corrected chi connectivity index (χ2v) is 9.00. The van der Waals surface area contributed by atoms with Crippen molar-refractivity contribution in [3.63, 3.8) is 0 Å². The van der Waals surface area contributed by atoms with Crippen molar-refractivity contribution in [2.75, 3.05) is 53.3 Å². The number of aromatic amines is 1. The highest BCUT2D eigenvalue weighted by molar-refractivity contribution is 5.67. The number of hydrogen-bond acceptors (Lipinski definition) is 11. The van der Waals surface area contributed by atoms with Gasteiger partial charge in [0.05, 0.1) is 19.4 Å². The van der Waals surface area contributed by atoms with Gasteiger partial charge in [-0.2, -0.15) is 20.1 Å². The van der Waals surface area contributed by atoms with Crippen LogP contribution in [0.3, 0.4) is 0 Å². The molecule has 0 bridgehead atoms. The summed E-state index contributed by atoms with van der Waals surface area (Å²) in [6, 6.07) is 2.51. The molecule has 200 valence electrons. The highest BCUT2D eigenvalue weighted by Crippen LogP contribution is 2.39. The van der Waals surface area contributed by atoms with Gasteiger partial charge in [-0.05, 0) is 32.6 Å². The molecule has 3 aliphatic rings. The molecule has 1 aliphatic carbocycles. The van der Waals surface area contributed by atoms with Crippen molar-refractivity contribution < 1.29 is 9.53 Å². The Labute approximate surface area is 221 Å². The van der Waals surface area contributed by atoms with Crippen LogP contribution >= 0.6 is 0 Å². The maximum Gasteiger partial charge on any atom is 0.235 e. The smallest absolute Gasteiger partial charge is 0.235 e. The molecule has 38 heavy (non-hydrogen) atoms. The van der Waals surface area contributed by atoms with Crippen LogP contribution in [0.5, 0.6) is 0 Å². The molecule has 3 fully saturated rings. The summed E-state index contributed by atoms with van der Waals surface area (Å²) >= 11 is 0. The van der Waals surface area contributed by atoms with Crippen LogP contribution in [0.4, 0.5) is 29.5 Å². The second-order valence-electron chi connectivity index (χ2n) is 9.00. The average Bonchev–Trinajstić information content (AvgIpc) is 3.56. The molecule has 3 aromatic heterocycles. The van der Waals surface area contributed by atoms with E-state index < -0.39 is 0 Å². The third kappa shape index (κ3) is 7.13. The molecule has 3 N–H and O–H groups in total. The van der Waals surface area contributed by atoms with Crippen LogP contribution in [0.1, 0.15) is 44.2 Å². The average molecular weight is 520 g/mol. The molecule has 6 rings (SSSR count). The van der Waals surface area contributed by atoms with Crippen molar-refractivity contribution in [3.05, 3.63) is 30.4 Å². The van der Waals surface area contributed by atoms with Crippen molar-refractivity contribution in [1.29, 1.82) is 0 Å². The number of nitrogens with one attached hydrogen (secondary N) is 3. The monoisotopic (exact) mass is 519 g/mol. The number of anilines is 5. The summed E-state index contributed by atoms with van der Waals surface area (Å²) in [5.41, 5.74) is 1.19. The number of rotatable bonds is 7. The number of H-pyrrole nitrogens is 1. The van der Waals surface area contributed by atoms with Crippen LogP contribution in [0.15, 0.2) is 24.7 Å². The number of amides is 1. The molecular formula is C25H33N11O2. The van der Waals surface area contributed by atoms with Gasteiger partial charge < -0.3 is 25.2 Å². The molecule has 13 heteroatoms. The Morgan fingerprint density at radius 2 is 1.84 bits per heavy atom. The van der Waals surface area contributed by atoms with Gasteiger partial charge in [0.25, 0.3) is 0 Å². The lowest BCUT2D eigenvalue weighted by Gasteiger charge is -2.28. The number of carbonyl (C=O) groups is 1. The molecule has 1 saturated carbocycles. The first-order chi connectivity index (χ1) is 18.7. The largest absolute Gasteiger partial charge is 0.378 e. The Hall–Kier alpha value is -4.31. The Balaban J connectivity index is 0.000000259. The Kier molecular flexibility index (Phi) is 9.36. The van der Waals surface area contributed by atoms with Crippen molar-refractivity contribution in [1.82, 2.24) is 35.1 Å². The quantitative estimate of drug-likeness (QED) is 0.312. The number of hydrogen-bond donors (Lipinski definition) is 3. The van der Waals surface area contributed by atoms with E-state index in [9.17, 15) is 4.79 Å². The van der Waals surface area contributed by atoms with E-state index in [1.54, 1.807) is 0 Å². The van der Waals surface area contributed by atoms with Crippen molar-refractivity contribution in [3.8, 4) is 12.8 Å². The topological polar surface area (TPSA) is 150 Å². The molecule has 5 heterocycles. The fourth-order valence-electron chi connectivity index (χ4n) is 4.23. The van der Waals surface area contributed by atoms with E-state index in [0.29, 0.717) is 49.3 Å². The van der Waals surface area contributed by atoms with Crippen LogP contribution in [0, 0.1) is 12.8 Å². The van der Waals surface area contributed by atoms with Gasteiger partial charge in [0.15, 0.2) is 11.6 Å². The molecule has 0 unspecified atom stereocenters. The van der Waals surface area contributed by atoms with Gasteiger partial charge in [0, 0.05) is 55.7 Å². The summed E-state index contributed by atoms with van der Waals surface area (Å²) in [5.74, 6) is 3.87. The van der Waals surface area contributed by atoms with Crippen LogP contribution in [-0.4, -0.2) is 80.4 Å². The van der Waals surface area contributed by atoms with E-state index in [4.69, 9.17) is 14.7 Å². The molecule has 0 radical (unpaired) electrons. The molecule has 1 amide bonds. The van der Waals surface area contributed by atoms with E-state index in [1.165, 1.54) is 50.0 Å². The van der Waals surface area contributed by atoms with E-state index in [0.717, 1.165) is 31.4 Å². The minimum Gasteiger partial charge on any atom is -0.378 e. The lowest BCUT2D eigenvalue weighted by Crippen LogP contribution is -2.38. The third-order valence-corrected chi connectivity index (χ3v) is 6.34. The molecule has 0 aromatic carbocycles. The van der Waals surface area contributed by atoms with Crippen molar-refractivity contribution in [2.24, 2.45) is 0 Å². The van der Waals surface area contributed by atoms with Crippen LogP contribution < -0.4 is 20.4 Å². The van der Waals surface area contributed by atoms with E-state index in [2.05, 4.69) is 71.4 Å². The van der Waals surface area contributed by atoms with Crippen molar-refractivity contribution >= 4 is 35.9 Å². The number of ether oxygens (including phenoxy) is 1. The molecule has 0 spiro atoms. The zero-order valence-corrected chi connectivity index (χ0v) is 21.5. The number of carbonyl (C=O) groups excluding carboxylic acids is 1. The Bertz CT molecular complexity index is 1180. The summed E-state index contributed by atoms with van der Waals surface area (Å²) in [6.45, 7) is 6.22. The van der Waals surface area contributed by atoms with E-state index in [-0.39, 0.29) is 0 Å². The standard InChI is InChI=1S/C18H26N8O.C5H5N3O.C2H2/c1-12-3-2-6-26(12)18-21-16(19-15-11-14(23-24-15)13-4-5-13)20-17(22-18)25-7-9-27-10-8-25;9-4-8-5-3-6-1-2-7-5;1-2/h11-13H,2-10H2,1H3,(H2,19,20,21,22,23,24);1-4H,(H,7,8,9);1-2H/t12-;;/m0../s1.